The van der Waals surface area contributed by atoms with Crippen LogP contribution in [-0.4, -0.2) is 15.8 Å². The molecule has 1 N–H and O–H groups in total. The summed E-state index contributed by atoms with van der Waals surface area (Å²) < 4.78 is 2.00. The SMILES string of the molecule is CCCCCCCC(C)Nc1ccn(C(C)C)n1. The van der Waals surface area contributed by atoms with Crippen LogP contribution in [0.4, 0.5) is 5.82 Å². The van der Waals surface area contributed by atoms with E-state index in [-0.39, 0.29) is 0 Å². The lowest BCUT2D eigenvalue weighted by Gasteiger charge is -2.13. The van der Waals surface area contributed by atoms with Crippen molar-refractivity contribution in [1.29, 1.82) is 0 Å². The van der Waals surface area contributed by atoms with Gasteiger partial charge in [0.25, 0.3) is 0 Å². The minimum Gasteiger partial charge on any atom is -0.366 e. The highest BCUT2D eigenvalue weighted by Crippen LogP contribution is 2.12. The molecule has 0 aliphatic heterocycles. The van der Waals surface area contributed by atoms with Crippen LogP contribution in [0.5, 0.6) is 0 Å². The standard InChI is InChI=1S/C15H29N3/c1-5-6-7-8-9-10-14(4)16-15-11-12-18(17-15)13(2)3/h11-14H,5-10H2,1-4H3,(H,16,17). The number of aromatic nitrogens is 2. The van der Waals surface area contributed by atoms with E-state index in [0.29, 0.717) is 12.1 Å². The molecule has 0 amide bonds. The van der Waals surface area contributed by atoms with Crippen LogP contribution in [-0.2, 0) is 0 Å². The lowest BCUT2D eigenvalue weighted by atomic mass is 10.1. The Labute approximate surface area is 112 Å². The average molecular weight is 251 g/mol. The molecule has 0 aliphatic carbocycles. The van der Waals surface area contributed by atoms with Gasteiger partial charge in [-0.15, -0.1) is 0 Å². The molecule has 1 rings (SSSR count). The van der Waals surface area contributed by atoms with Crippen LogP contribution in [0.1, 0.15) is 72.3 Å². The van der Waals surface area contributed by atoms with E-state index in [2.05, 4.69) is 44.2 Å². The normalized spacial score (nSPS) is 12.9. The van der Waals surface area contributed by atoms with Crippen LogP contribution >= 0.6 is 0 Å². The van der Waals surface area contributed by atoms with Gasteiger partial charge in [0.15, 0.2) is 0 Å². The van der Waals surface area contributed by atoms with Gasteiger partial charge in [-0.3, -0.25) is 4.68 Å². The zero-order valence-electron chi connectivity index (χ0n) is 12.4. The third-order valence-electron chi connectivity index (χ3n) is 3.27. The molecule has 3 heteroatoms. The van der Waals surface area contributed by atoms with Crippen molar-refractivity contribution >= 4 is 5.82 Å². The van der Waals surface area contributed by atoms with Crippen LogP contribution in [0.25, 0.3) is 0 Å². The van der Waals surface area contributed by atoms with Crippen LogP contribution in [0.3, 0.4) is 0 Å². The second kappa shape index (κ2) is 8.17. The van der Waals surface area contributed by atoms with E-state index < -0.39 is 0 Å². The Morgan fingerprint density at radius 2 is 1.89 bits per heavy atom. The molecule has 0 fully saturated rings. The van der Waals surface area contributed by atoms with Crippen molar-refractivity contribution in [2.75, 3.05) is 5.32 Å². The average Bonchev–Trinajstić information content (AvgIpc) is 2.77. The second-order valence-electron chi connectivity index (χ2n) is 5.52. The van der Waals surface area contributed by atoms with Gasteiger partial charge in [0, 0.05) is 24.3 Å². The maximum Gasteiger partial charge on any atom is 0.148 e. The first-order valence-corrected chi connectivity index (χ1v) is 7.45. The highest BCUT2D eigenvalue weighted by Gasteiger charge is 2.05. The summed E-state index contributed by atoms with van der Waals surface area (Å²) in [6.07, 6.45) is 10.0. The Hall–Kier alpha value is -0.990. The summed E-state index contributed by atoms with van der Waals surface area (Å²) in [7, 11) is 0. The predicted octanol–water partition coefficient (Wildman–Crippen LogP) is 4.62. The summed E-state index contributed by atoms with van der Waals surface area (Å²) in [5.41, 5.74) is 0. The summed E-state index contributed by atoms with van der Waals surface area (Å²) in [5.74, 6) is 1.00. The lowest BCUT2D eigenvalue weighted by Crippen LogP contribution is -2.15. The first-order valence-electron chi connectivity index (χ1n) is 7.45. The molecule has 1 heterocycles. The summed E-state index contributed by atoms with van der Waals surface area (Å²) in [5, 5.41) is 7.99. The molecule has 1 aromatic heterocycles. The molecular weight excluding hydrogens is 222 g/mol. The van der Waals surface area contributed by atoms with E-state index >= 15 is 0 Å². The van der Waals surface area contributed by atoms with Crippen molar-refractivity contribution in [1.82, 2.24) is 9.78 Å². The van der Waals surface area contributed by atoms with Gasteiger partial charge < -0.3 is 5.32 Å². The van der Waals surface area contributed by atoms with E-state index in [1.165, 1.54) is 38.5 Å². The molecule has 0 spiro atoms. The molecule has 3 nitrogen and oxygen atoms in total. The van der Waals surface area contributed by atoms with Gasteiger partial charge in [-0.25, -0.2) is 0 Å². The molecule has 0 bridgehead atoms. The number of unbranched alkanes of at least 4 members (excludes halogenated alkanes) is 4. The van der Waals surface area contributed by atoms with Crippen molar-refractivity contribution < 1.29 is 0 Å². The Morgan fingerprint density at radius 1 is 1.17 bits per heavy atom. The Bertz CT molecular complexity index is 317. The molecule has 0 aliphatic rings. The number of anilines is 1. The molecule has 1 atom stereocenters. The van der Waals surface area contributed by atoms with Crippen LogP contribution in [0.15, 0.2) is 12.3 Å². The fourth-order valence-electron chi connectivity index (χ4n) is 2.08. The van der Waals surface area contributed by atoms with E-state index in [4.69, 9.17) is 0 Å². The van der Waals surface area contributed by atoms with E-state index in [1.54, 1.807) is 0 Å². The zero-order valence-corrected chi connectivity index (χ0v) is 12.4. The van der Waals surface area contributed by atoms with Gasteiger partial charge in [0.1, 0.15) is 5.82 Å². The second-order valence-corrected chi connectivity index (χ2v) is 5.52. The topological polar surface area (TPSA) is 29.9 Å². The number of hydrogen-bond acceptors (Lipinski definition) is 2. The first-order chi connectivity index (χ1) is 8.63. The summed E-state index contributed by atoms with van der Waals surface area (Å²) in [4.78, 5) is 0. The van der Waals surface area contributed by atoms with Crippen molar-refractivity contribution in [3.63, 3.8) is 0 Å². The maximum atomic E-state index is 4.51. The minimum absolute atomic E-state index is 0.435. The Morgan fingerprint density at radius 3 is 2.50 bits per heavy atom. The Balaban J connectivity index is 2.20. The van der Waals surface area contributed by atoms with Gasteiger partial charge in [0.05, 0.1) is 0 Å². The van der Waals surface area contributed by atoms with Gasteiger partial charge in [-0.05, 0) is 27.2 Å². The number of rotatable bonds is 9. The van der Waals surface area contributed by atoms with E-state index in [9.17, 15) is 0 Å². The largest absolute Gasteiger partial charge is 0.366 e. The number of nitrogens with zero attached hydrogens (tertiary/aromatic N) is 2. The van der Waals surface area contributed by atoms with Crippen molar-refractivity contribution in [3.05, 3.63) is 12.3 Å². The summed E-state index contributed by atoms with van der Waals surface area (Å²) >= 11 is 0. The van der Waals surface area contributed by atoms with Crippen LogP contribution in [0.2, 0.25) is 0 Å². The third-order valence-corrected chi connectivity index (χ3v) is 3.27. The smallest absolute Gasteiger partial charge is 0.148 e. The van der Waals surface area contributed by atoms with Gasteiger partial charge >= 0.3 is 0 Å². The van der Waals surface area contributed by atoms with Gasteiger partial charge in [0.2, 0.25) is 0 Å². The summed E-state index contributed by atoms with van der Waals surface area (Å²) in [6, 6.07) is 3.01. The highest BCUT2D eigenvalue weighted by molar-refractivity contribution is 5.33. The predicted molar refractivity (Wildman–Crippen MR) is 79.1 cm³/mol. The van der Waals surface area contributed by atoms with E-state index in [0.717, 1.165) is 5.82 Å². The number of hydrogen-bond donors (Lipinski definition) is 1. The van der Waals surface area contributed by atoms with E-state index in [1.807, 2.05) is 10.9 Å². The molecule has 104 valence electrons. The van der Waals surface area contributed by atoms with Crippen LogP contribution < -0.4 is 5.32 Å². The minimum atomic E-state index is 0.435. The number of nitrogens with one attached hydrogen (secondary N) is 1. The molecule has 0 radical (unpaired) electrons. The van der Waals surface area contributed by atoms with Gasteiger partial charge in [-0.2, -0.15) is 5.10 Å². The van der Waals surface area contributed by atoms with Crippen molar-refractivity contribution in [3.8, 4) is 0 Å². The first kappa shape index (κ1) is 15.1. The summed E-state index contributed by atoms with van der Waals surface area (Å²) in [6.45, 7) is 8.80. The monoisotopic (exact) mass is 251 g/mol. The molecule has 0 saturated carbocycles. The fourth-order valence-corrected chi connectivity index (χ4v) is 2.08. The molecule has 1 aromatic rings. The third kappa shape index (κ3) is 5.56. The van der Waals surface area contributed by atoms with Gasteiger partial charge in [-0.1, -0.05) is 39.0 Å². The maximum absolute atomic E-state index is 4.51. The molecule has 0 saturated heterocycles. The lowest BCUT2D eigenvalue weighted by molar-refractivity contribution is 0.531. The molecule has 1 unspecified atom stereocenters. The Kier molecular flexibility index (Phi) is 6.84. The van der Waals surface area contributed by atoms with Crippen molar-refractivity contribution in [2.24, 2.45) is 0 Å². The quantitative estimate of drug-likeness (QED) is 0.649. The molecule has 18 heavy (non-hydrogen) atoms. The molecule has 0 aromatic carbocycles. The van der Waals surface area contributed by atoms with Crippen molar-refractivity contribution in [2.45, 2.75) is 78.3 Å². The fraction of sp³-hybridized carbons (Fsp3) is 0.800. The van der Waals surface area contributed by atoms with Crippen LogP contribution in [0, 0.1) is 0 Å². The molecular formula is C15H29N3. The highest BCUT2D eigenvalue weighted by atomic mass is 15.3. The zero-order chi connectivity index (χ0) is 13.4.